The van der Waals surface area contributed by atoms with Crippen LogP contribution in [-0.4, -0.2) is 28.9 Å². The van der Waals surface area contributed by atoms with E-state index in [1.54, 1.807) is 12.1 Å². The summed E-state index contributed by atoms with van der Waals surface area (Å²) in [6.07, 6.45) is 3.81. The SMILES string of the molecule is CC1CCCC(C)N1NC(=O)c1ccc2c(c1)NC(=O)C2. The molecule has 5 nitrogen and oxygen atoms in total. The van der Waals surface area contributed by atoms with Crippen molar-refractivity contribution in [3.05, 3.63) is 29.3 Å². The summed E-state index contributed by atoms with van der Waals surface area (Å²) in [5.74, 6) is -0.125. The van der Waals surface area contributed by atoms with E-state index in [1.165, 1.54) is 6.42 Å². The second kappa shape index (κ2) is 5.48. The molecule has 21 heavy (non-hydrogen) atoms. The van der Waals surface area contributed by atoms with Gasteiger partial charge in [-0.3, -0.25) is 15.0 Å². The van der Waals surface area contributed by atoms with Gasteiger partial charge in [-0.15, -0.1) is 0 Å². The van der Waals surface area contributed by atoms with Crippen molar-refractivity contribution >= 4 is 17.5 Å². The average molecular weight is 287 g/mol. The van der Waals surface area contributed by atoms with Crippen LogP contribution < -0.4 is 10.7 Å². The van der Waals surface area contributed by atoms with Crippen molar-refractivity contribution < 1.29 is 9.59 Å². The highest BCUT2D eigenvalue weighted by molar-refractivity contribution is 6.02. The zero-order valence-electron chi connectivity index (χ0n) is 12.5. The number of amides is 2. The molecule has 2 unspecified atom stereocenters. The van der Waals surface area contributed by atoms with E-state index in [0.717, 1.165) is 24.1 Å². The van der Waals surface area contributed by atoms with E-state index in [9.17, 15) is 9.59 Å². The van der Waals surface area contributed by atoms with Crippen LogP contribution in [0.5, 0.6) is 0 Å². The van der Waals surface area contributed by atoms with Gasteiger partial charge in [0, 0.05) is 23.3 Å². The molecule has 1 fully saturated rings. The monoisotopic (exact) mass is 287 g/mol. The molecule has 0 bridgehead atoms. The number of piperidine rings is 1. The Morgan fingerprint density at radius 1 is 1.29 bits per heavy atom. The molecule has 2 N–H and O–H groups in total. The summed E-state index contributed by atoms with van der Waals surface area (Å²) >= 11 is 0. The van der Waals surface area contributed by atoms with Crippen molar-refractivity contribution in [1.82, 2.24) is 10.4 Å². The maximum absolute atomic E-state index is 12.4. The van der Waals surface area contributed by atoms with Crippen LogP contribution in [0.1, 0.15) is 49.0 Å². The summed E-state index contributed by atoms with van der Waals surface area (Å²) in [5.41, 5.74) is 5.31. The molecular formula is C16H21N3O2. The average Bonchev–Trinajstić information content (AvgIpc) is 2.81. The molecule has 2 amide bonds. The number of carbonyl (C=O) groups is 2. The molecule has 0 spiro atoms. The van der Waals surface area contributed by atoms with Gasteiger partial charge in [0.1, 0.15) is 0 Å². The summed E-state index contributed by atoms with van der Waals surface area (Å²) in [4.78, 5) is 23.8. The number of hydrazine groups is 1. The Morgan fingerprint density at radius 2 is 2.00 bits per heavy atom. The van der Waals surface area contributed by atoms with Crippen LogP contribution in [0.4, 0.5) is 5.69 Å². The Balaban J connectivity index is 1.74. The topological polar surface area (TPSA) is 61.4 Å². The van der Waals surface area contributed by atoms with Crippen molar-refractivity contribution in [2.75, 3.05) is 5.32 Å². The van der Waals surface area contributed by atoms with Crippen molar-refractivity contribution in [2.45, 2.75) is 51.6 Å². The molecule has 3 rings (SSSR count). The number of rotatable bonds is 2. The van der Waals surface area contributed by atoms with Gasteiger partial charge in [0.2, 0.25) is 5.91 Å². The van der Waals surface area contributed by atoms with E-state index < -0.39 is 0 Å². The van der Waals surface area contributed by atoms with E-state index >= 15 is 0 Å². The van der Waals surface area contributed by atoms with Crippen LogP contribution in [0.15, 0.2) is 18.2 Å². The summed E-state index contributed by atoms with van der Waals surface area (Å²) in [7, 11) is 0. The summed E-state index contributed by atoms with van der Waals surface area (Å²) < 4.78 is 0. The largest absolute Gasteiger partial charge is 0.326 e. The normalized spacial score (nSPS) is 25.3. The first kappa shape index (κ1) is 14.1. The molecule has 1 aromatic rings. The molecule has 2 aliphatic heterocycles. The Morgan fingerprint density at radius 3 is 2.71 bits per heavy atom. The van der Waals surface area contributed by atoms with Gasteiger partial charge in [0.05, 0.1) is 6.42 Å². The number of nitrogens with zero attached hydrogens (tertiary/aromatic N) is 1. The van der Waals surface area contributed by atoms with Crippen molar-refractivity contribution in [3.8, 4) is 0 Å². The Labute approximate surface area is 124 Å². The highest BCUT2D eigenvalue weighted by atomic mass is 16.2. The molecule has 0 saturated carbocycles. The lowest BCUT2D eigenvalue weighted by Gasteiger charge is -2.38. The molecule has 2 aliphatic rings. The zero-order chi connectivity index (χ0) is 15.0. The van der Waals surface area contributed by atoms with Crippen LogP contribution in [0, 0.1) is 0 Å². The van der Waals surface area contributed by atoms with E-state index in [4.69, 9.17) is 0 Å². The van der Waals surface area contributed by atoms with Gasteiger partial charge < -0.3 is 5.32 Å². The number of nitrogens with one attached hydrogen (secondary N) is 2. The van der Waals surface area contributed by atoms with Crippen LogP contribution in [0.2, 0.25) is 0 Å². The van der Waals surface area contributed by atoms with Crippen LogP contribution >= 0.6 is 0 Å². The van der Waals surface area contributed by atoms with Crippen molar-refractivity contribution in [1.29, 1.82) is 0 Å². The Kier molecular flexibility index (Phi) is 3.68. The molecule has 0 radical (unpaired) electrons. The van der Waals surface area contributed by atoms with E-state index in [1.807, 2.05) is 6.07 Å². The molecule has 5 heteroatoms. The second-order valence-electron chi connectivity index (χ2n) is 6.07. The van der Waals surface area contributed by atoms with Crippen LogP contribution in [-0.2, 0) is 11.2 Å². The highest BCUT2D eigenvalue weighted by Gasteiger charge is 2.27. The Hall–Kier alpha value is -1.88. The van der Waals surface area contributed by atoms with Crippen molar-refractivity contribution in [3.63, 3.8) is 0 Å². The molecule has 2 heterocycles. The highest BCUT2D eigenvalue weighted by Crippen LogP contribution is 2.25. The van der Waals surface area contributed by atoms with E-state index in [0.29, 0.717) is 24.1 Å². The zero-order valence-corrected chi connectivity index (χ0v) is 12.5. The van der Waals surface area contributed by atoms with Gasteiger partial charge in [0.25, 0.3) is 5.91 Å². The third kappa shape index (κ3) is 2.78. The molecule has 112 valence electrons. The fourth-order valence-electron chi connectivity index (χ4n) is 3.18. The number of hydrogen-bond donors (Lipinski definition) is 2. The molecular weight excluding hydrogens is 266 g/mol. The number of benzene rings is 1. The number of fused-ring (bicyclic) bond motifs is 1. The number of carbonyl (C=O) groups excluding carboxylic acids is 2. The van der Waals surface area contributed by atoms with E-state index in [2.05, 4.69) is 29.6 Å². The smallest absolute Gasteiger partial charge is 0.265 e. The standard InChI is InChI=1S/C16H21N3O2/c1-10-4-3-5-11(2)19(10)18-16(21)13-7-6-12-9-15(20)17-14(12)8-13/h6-8,10-11H,3-5,9H2,1-2H3,(H,17,20)(H,18,21). The first-order valence-electron chi connectivity index (χ1n) is 7.56. The third-order valence-electron chi connectivity index (χ3n) is 4.42. The lowest BCUT2D eigenvalue weighted by molar-refractivity contribution is -0.115. The van der Waals surface area contributed by atoms with Crippen LogP contribution in [0.25, 0.3) is 0 Å². The van der Waals surface area contributed by atoms with Gasteiger partial charge >= 0.3 is 0 Å². The lowest BCUT2D eigenvalue weighted by atomic mass is 10.00. The third-order valence-corrected chi connectivity index (χ3v) is 4.42. The second-order valence-corrected chi connectivity index (χ2v) is 6.07. The maximum Gasteiger partial charge on any atom is 0.265 e. The molecule has 0 aliphatic carbocycles. The lowest BCUT2D eigenvalue weighted by Crippen LogP contribution is -2.54. The molecule has 1 saturated heterocycles. The molecule has 0 aromatic heterocycles. The number of hydrogen-bond acceptors (Lipinski definition) is 3. The van der Waals surface area contributed by atoms with Crippen molar-refractivity contribution in [2.24, 2.45) is 0 Å². The van der Waals surface area contributed by atoms with Gasteiger partial charge in [-0.25, -0.2) is 5.01 Å². The summed E-state index contributed by atoms with van der Waals surface area (Å²) in [6, 6.07) is 6.10. The fraction of sp³-hybridized carbons (Fsp3) is 0.500. The van der Waals surface area contributed by atoms with Gasteiger partial charge in [-0.1, -0.05) is 12.5 Å². The first-order chi connectivity index (χ1) is 10.0. The first-order valence-corrected chi connectivity index (χ1v) is 7.56. The van der Waals surface area contributed by atoms with Gasteiger partial charge in [0.15, 0.2) is 0 Å². The van der Waals surface area contributed by atoms with E-state index in [-0.39, 0.29) is 11.8 Å². The Bertz CT molecular complexity index is 575. The number of anilines is 1. The molecule has 1 aromatic carbocycles. The predicted molar refractivity (Wildman–Crippen MR) is 80.9 cm³/mol. The molecule has 2 atom stereocenters. The fourth-order valence-corrected chi connectivity index (χ4v) is 3.18. The minimum absolute atomic E-state index is 0.0131. The summed E-state index contributed by atoms with van der Waals surface area (Å²) in [5, 5.41) is 4.83. The predicted octanol–water partition coefficient (Wildman–Crippen LogP) is 2.09. The summed E-state index contributed by atoms with van der Waals surface area (Å²) in [6.45, 7) is 4.28. The van der Waals surface area contributed by atoms with Crippen LogP contribution in [0.3, 0.4) is 0 Å². The maximum atomic E-state index is 12.4. The van der Waals surface area contributed by atoms with Gasteiger partial charge in [-0.2, -0.15) is 0 Å². The minimum Gasteiger partial charge on any atom is -0.326 e. The minimum atomic E-state index is -0.112. The van der Waals surface area contributed by atoms with Gasteiger partial charge in [-0.05, 0) is 44.4 Å². The quantitative estimate of drug-likeness (QED) is 0.875.